The molecule has 2 N–H and O–H groups in total. The monoisotopic (exact) mass is 339 g/mol. The Balaban J connectivity index is 1.67. The van der Waals surface area contributed by atoms with Crippen LogP contribution < -0.4 is 11.5 Å². The van der Waals surface area contributed by atoms with Gasteiger partial charge in [-0.15, -0.1) is 0 Å². The Hall–Kier alpha value is -3.35. The van der Waals surface area contributed by atoms with Gasteiger partial charge in [-0.1, -0.05) is 29.4 Å². The maximum Gasteiger partial charge on any atom is 0.419 e. The Morgan fingerprint density at radius 2 is 2.00 bits per heavy atom. The van der Waals surface area contributed by atoms with Gasteiger partial charge in [-0.05, 0) is 36.8 Å². The third-order valence-electron chi connectivity index (χ3n) is 3.67. The highest BCUT2D eigenvalue weighted by Crippen LogP contribution is 2.14. The predicted octanol–water partition coefficient (Wildman–Crippen LogP) is 2.42. The molecule has 0 atom stereocenters. The van der Waals surface area contributed by atoms with E-state index < -0.39 is 11.7 Å². The lowest BCUT2D eigenvalue weighted by molar-refractivity contribution is 0.0514. The number of hydrogen-bond acceptors (Lipinski definition) is 5. The van der Waals surface area contributed by atoms with Crippen LogP contribution in [0.4, 0.5) is 0 Å². The zero-order valence-electron chi connectivity index (χ0n) is 13.6. The molecular weight excluding hydrogens is 322 g/mol. The zero-order chi connectivity index (χ0) is 17.8. The molecule has 1 aromatic heterocycles. The number of oxazole rings is 1. The van der Waals surface area contributed by atoms with E-state index in [1.807, 2.05) is 19.1 Å². The average Bonchev–Trinajstić information content (AvgIpc) is 2.93. The normalized spacial score (nSPS) is 11.6. The summed E-state index contributed by atoms with van der Waals surface area (Å²) in [6.45, 7) is 2.20. The molecule has 128 valence electrons. The molecule has 0 spiro atoms. The number of benzene rings is 2. The summed E-state index contributed by atoms with van der Waals surface area (Å²) in [5.74, 6) is -0.946. The van der Waals surface area contributed by atoms with Crippen LogP contribution in [0.5, 0.6) is 0 Å². The molecule has 0 unspecified atom stereocenters. The first-order valence-corrected chi connectivity index (χ1v) is 7.73. The molecule has 0 aliphatic heterocycles. The molecule has 2 aromatic carbocycles. The SMILES string of the molecule is Cc1ccc2oc(=O)n(CCC(N)=NOC(=O)c3ccccc3)c2c1. The summed E-state index contributed by atoms with van der Waals surface area (Å²) in [5.41, 5.74) is 8.37. The van der Waals surface area contributed by atoms with Gasteiger partial charge in [0.2, 0.25) is 0 Å². The van der Waals surface area contributed by atoms with Crippen molar-refractivity contribution in [3.05, 3.63) is 70.2 Å². The molecule has 7 heteroatoms. The maximum atomic E-state index is 11.9. The summed E-state index contributed by atoms with van der Waals surface area (Å²) in [4.78, 5) is 28.5. The number of oxime groups is 1. The first-order valence-electron chi connectivity index (χ1n) is 7.73. The maximum absolute atomic E-state index is 11.9. The first kappa shape index (κ1) is 16.5. The zero-order valence-corrected chi connectivity index (χ0v) is 13.6. The quantitative estimate of drug-likeness (QED) is 0.333. The first-order chi connectivity index (χ1) is 12.0. The van der Waals surface area contributed by atoms with Crippen LogP contribution in [0.3, 0.4) is 0 Å². The fraction of sp³-hybridized carbons (Fsp3) is 0.167. The molecule has 0 saturated heterocycles. The summed E-state index contributed by atoms with van der Waals surface area (Å²) in [5, 5.41) is 3.63. The van der Waals surface area contributed by atoms with Crippen LogP contribution in [-0.4, -0.2) is 16.4 Å². The van der Waals surface area contributed by atoms with Gasteiger partial charge in [0.15, 0.2) is 5.58 Å². The van der Waals surface area contributed by atoms with Crippen LogP contribution in [0.2, 0.25) is 0 Å². The molecule has 3 aromatic rings. The van der Waals surface area contributed by atoms with Crippen LogP contribution in [0, 0.1) is 6.92 Å². The summed E-state index contributed by atoms with van der Waals surface area (Å²) in [6.07, 6.45) is 0.241. The lowest BCUT2D eigenvalue weighted by atomic mass is 10.2. The molecular formula is C18H17N3O4. The summed E-state index contributed by atoms with van der Waals surface area (Å²) in [6, 6.07) is 14.0. The van der Waals surface area contributed by atoms with Gasteiger partial charge < -0.3 is 15.0 Å². The number of rotatable bonds is 5. The third-order valence-corrected chi connectivity index (χ3v) is 3.67. The molecule has 3 rings (SSSR count). The minimum absolute atomic E-state index is 0.109. The molecule has 1 heterocycles. The highest BCUT2D eigenvalue weighted by molar-refractivity contribution is 5.90. The summed E-state index contributed by atoms with van der Waals surface area (Å²) < 4.78 is 6.66. The van der Waals surface area contributed by atoms with Crippen molar-refractivity contribution >= 4 is 22.9 Å². The molecule has 7 nitrogen and oxygen atoms in total. The van der Waals surface area contributed by atoms with E-state index in [0.29, 0.717) is 16.7 Å². The molecule has 0 saturated carbocycles. The lowest BCUT2D eigenvalue weighted by Crippen LogP contribution is -2.21. The van der Waals surface area contributed by atoms with Crippen molar-refractivity contribution in [3.63, 3.8) is 0 Å². The lowest BCUT2D eigenvalue weighted by Gasteiger charge is -2.03. The predicted molar refractivity (Wildman–Crippen MR) is 93.3 cm³/mol. The highest BCUT2D eigenvalue weighted by atomic mass is 16.7. The van der Waals surface area contributed by atoms with Gasteiger partial charge in [-0.2, -0.15) is 0 Å². The van der Waals surface area contributed by atoms with Crippen molar-refractivity contribution in [2.24, 2.45) is 10.9 Å². The van der Waals surface area contributed by atoms with Crippen molar-refractivity contribution in [2.75, 3.05) is 0 Å². The number of carbonyl (C=O) groups is 1. The van der Waals surface area contributed by atoms with Gasteiger partial charge in [0.25, 0.3) is 0 Å². The minimum Gasteiger partial charge on any atom is -0.408 e. The van der Waals surface area contributed by atoms with Crippen LogP contribution in [0.25, 0.3) is 11.1 Å². The van der Waals surface area contributed by atoms with Gasteiger partial charge >= 0.3 is 11.7 Å². The van der Waals surface area contributed by atoms with Crippen LogP contribution in [0.15, 0.2) is 62.9 Å². The summed E-state index contributed by atoms with van der Waals surface area (Å²) in [7, 11) is 0. The third kappa shape index (κ3) is 3.77. The van der Waals surface area contributed by atoms with Gasteiger partial charge in [-0.25, -0.2) is 9.59 Å². The topological polar surface area (TPSA) is 99.8 Å². The molecule has 0 amide bonds. The fourth-order valence-electron chi connectivity index (χ4n) is 2.38. The molecule has 0 fully saturated rings. The van der Waals surface area contributed by atoms with E-state index in [1.54, 1.807) is 36.4 Å². The van der Waals surface area contributed by atoms with Crippen molar-refractivity contribution < 1.29 is 14.0 Å². The minimum atomic E-state index is -0.592. The van der Waals surface area contributed by atoms with E-state index in [4.69, 9.17) is 15.0 Å². The van der Waals surface area contributed by atoms with Crippen LogP contribution in [0.1, 0.15) is 22.3 Å². The van der Waals surface area contributed by atoms with Gasteiger partial charge in [0.05, 0.1) is 11.1 Å². The standard InChI is InChI=1S/C18H17N3O4/c1-12-7-8-15-14(11-12)21(18(23)24-15)10-9-16(19)20-25-17(22)13-5-3-2-4-6-13/h2-8,11H,9-10H2,1H3,(H2,19,20). The van der Waals surface area contributed by atoms with E-state index in [9.17, 15) is 9.59 Å². The van der Waals surface area contributed by atoms with E-state index in [2.05, 4.69) is 5.16 Å². The second kappa shape index (κ2) is 7.04. The second-order valence-corrected chi connectivity index (χ2v) is 5.57. The van der Waals surface area contributed by atoms with Gasteiger partial charge in [0, 0.05) is 13.0 Å². The Kier molecular flexibility index (Phi) is 4.65. The molecule has 0 radical (unpaired) electrons. The number of fused-ring (bicyclic) bond motifs is 1. The Bertz CT molecular complexity index is 986. The Morgan fingerprint density at radius 1 is 1.24 bits per heavy atom. The largest absolute Gasteiger partial charge is 0.419 e. The van der Waals surface area contributed by atoms with Crippen molar-refractivity contribution in [2.45, 2.75) is 19.9 Å². The highest BCUT2D eigenvalue weighted by Gasteiger charge is 2.10. The number of aromatic nitrogens is 1. The second-order valence-electron chi connectivity index (χ2n) is 5.57. The number of amidine groups is 1. The van der Waals surface area contributed by atoms with E-state index in [1.165, 1.54) is 4.57 Å². The number of hydrogen-bond donors (Lipinski definition) is 1. The Labute approximate surface area is 143 Å². The number of nitrogens with two attached hydrogens (primary N) is 1. The van der Waals surface area contributed by atoms with E-state index >= 15 is 0 Å². The van der Waals surface area contributed by atoms with Crippen LogP contribution in [-0.2, 0) is 11.4 Å². The molecule has 25 heavy (non-hydrogen) atoms. The molecule has 0 aliphatic rings. The van der Waals surface area contributed by atoms with Gasteiger partial charge in [0.1, 0.15) is 5.84 Å². The number of nitrogens with zero attached hydrogens (tertiary/aromatic N) is 2. The van der Waals surface area contributed by atoms with Crippen molar-refractivity contribution in [3.8, 4) is 0 Å². The van der Waals surface area contributed by atoms with Crippen LogP contribution >= 0.6 is 0 Å². The van der Waals surface area contributed by atoms with E-state index in [-0.39, 0.29) is 18.8 Å². The van der Waals surface area contributed by atoms with Gasteiger partial charge in [-0.3, -0.25) is 4.57 Å². The van der Waals surface area contributed by atoms with Crippen molar-refractivity contribution in [1.29, 1.82) is 0 Å². The Morgan fingerprint density at radius 3 is 2.76 bits per heavy atom. The number of carbonyl (C=O) groups excluding carboxylic acids is 1. The molecule has 0 bridgehead atoms. The smallest absolute Gasteiger partial charge is 0.408 e. The average molecular weight is 339 g/mol. The fourth-order valence-corrected chi connectivity index (χ4v) is 2.38. The summed E-state index contributed by atoms with van der Waals surface area (Å²) >= 11 is 0. The number of aryl methyl sites for hydroxylation is 2. The van der Waals surface area contributed by atoms with E-state index in [0.717, 1.165) is 5.56 Å². The van der Waals surface area contributed by atoms with Crippen molar-refractivity contribution in [1.82, 2.24) is 4.57 Å². The molecule has 0 aliphatic carbocycles.